The number of rotatable bonds is 2. The molecule has 0 saturated heterocycles. The van der Waals surface area contributed by atoms with Gasteiger partial charge in [0.1, 0.15) is 0 Å². The topological polar surface area (TPSA) is 37.3 Å². The first-order valence-corrected chi connectivity index (χ1v) is 1.99. The monoisotopic (exact) mass is 152 g/mol. The quantitative estimate of drug-likeness (QED) is 0.598. The Morgan fingerprint density at radius 1 is 1.71 bits per heavy atom. The van der Waals surface area contributed by atoms with Crippen LogP contribution in [0.25, 0.3) is 0 Å². The Morgan fingerprint density at radius 3 is 2.14 bits per heavy atom. The molecule has 0 aliphatic rings. The molecule has 7 heavy (non-hydrogen) atoms. The number of carbonyl (C=O) groups is 1. The van der Waals surface area contributed by atoms with Crippen molar-refractivity contribution in [2.75, 3.05) is 0 Å². The van der Waals surface area contributed by atoms with Crippen molar-refractivity contribution in [2.24, 2.45) is 0 Å². The Morgan fingerprint density at radius 2 is 2.14 bits per heavy atom. The van der Waals surface area contributed by atoms with Crippen molar-refractivity contribution in [3.8, 4) is 0 Å². The van der Waals surface area contributed by atoms with Crippen LogP contribution in [0.4, 0.5) is 0 Å². The fraction of sp³-hybridized carbons (Fsp3) is 0.750. The average Bonchev–Trinajstić information content (AvgIpc) is 1.35. The normalized spacial score (nSPS) is 7.00. The Balaban J connectivity index is 0. The van der Waals surface area contributed by atoms with Gasteiger partial charge in [-0.2, -0.15) is 0 Å². The molecule has 0 aromatic heterocycles. The smallest absolute Gasteiger partial charge is 0.303 e. The molecule has 0 aromatic rings. The predicted octanol–water partition coefficient (Wildman–Crippen LogP) is 0.869. The van der Waals surface area contributed by atoms with Crippen LogP contribution < -0.4 is 0 Å². The molecular weight excluding hydrogens is 145 g/mol. The summed E-state index contributed by atoms with van der Waals surface area (Å²) in [4.78, 5) is 9.60. The molecular formula is C4H8O2Zn. The molecule has 0 unspecified atom stereocenters. The van der Waals surface area contributed by atoms with E-state index in [0.717, 1.165) is 6.42 Å². The number of aliphatic carboxylic acids is 1. The van der Waals surface area contributed by atoms with Crippen molar-refractivity contribution < 1.29 is 29.4 Å². The molecule has 0 aliphatic carbocycles. The maximum absolute atomic E-state index is 9.60. The minimum absolute atomic E-state index is 0. The molecule has 0 heterocycles. The largest absolute Gasteiger partial charge is 0.481 e. The van der Waals surface area contributed by atoms with Gasteiger partial charge in [0.15, 0.2) is 0 Å². The maximum atomic E-state index is 9.60. The molecule has 2 nitrogen and oxygen atoms in total. The summed E-state index contributed by atoms with van der Waals surface area (Å²) in [6.45, 7) is 1.84. The SMILES string of the molecule is CCCC(=O)O.[Zn]. The molecule has 0 aromatic carbocycles. The maximum Gasteiger partial charge on any atom is 0.303 e. The van der Waals surface area contributed by atoms with E-state index in [1.165, 1.54) is 0 Å². The van der Waals surface area contributed by atoms with Crippen molar-refractivity contribution >= 4 is 5.97 Å². The summed E-state index contributed by atoms with van der Waals surface area (Å²) in [7, 11) is 0. The van der Waals surface area contributed by atoms with Crippen molar-refractivity contribution in [3.63, 3.8) is 0 Å². The molecule has 0 atom stereocenters. The van der Waals surface area contributed by atoms with Gasteiger partial charge < -0.3 is 5.11 Å². The summed E-state index contributed by atoms with van der Waals surface area (Å²) in [5, 5.41) is 7.91. The second-order valence-corrected chi connectivity index (χ2v) is 1.14. The van der Waals surface area contributed by atoms with Crippen LogP contribution >= 0.6 is 0 Å². The van der Waals surface area contributed by atoms with Gasteiger partial charge >= 0.3 is 5.97 Å². The van der Waals surface area contributed by atoms with Gasteiger partial charge in [-0.3, -0.25) is 4.79 Å². The molecule has 0 radical (unpaired) electrons. The third kappa shape index (κ3) is 10.7. The van der Waals surface area contributed by atoms with Gasteiger partial charge in [-0.15, -0.1) is 0 Å². The van der Waals surface area contributed by atoms with Gasteiger partial charge in [-0.1, -0.05) is 6.92 Å². The van der Waals surface area contributed by atoms with Crippen LogP contribution in [0.1, 0.15) is 19.8 Å². The van der Waals surface area contributed by atoms with E-state index < -0.39 is 5.97 Å². The molecule has 0 saturated carbocycles. The van der Waals surface area contributed by atoms with Crippen LogP contribution in [0.2, 0.25) is 0 Å². The third-order valence-corrected chi connectivity index (χ3v) is 0.464. The summed E-state index contributed by atoms with van der Waals surface area (Å²) in [5.41, 5.74) is 0. The van der Waals surface area contributed by atoms with Crippen LogP contribution in [-0.2, 0) is 24.3 Å². The Hall–Kier alpha value is 0.0934. The van der Waals surface area contributed by atoms with Gasteiger partial charge in [0.25, 0.3) is 0 Å². The van der Waals surface area contributed by atoms with E-state index in [1.54, 1.807) is 0 Å². The Kier molecular flexibility index (Phi) is 8.84. The molecule has 0 bridgehead atoms. The Bertz CT molecular complexity index is 53.7. The molecule has 0 spiro atoms. The number of hydrogen-bond donors (Lipinski definition) is 1. The second kappa shape index (κ2) is 6.09. The van der Waals surface area contributed by atoms with E-state index in [2.05, 4.69) is 0 Å². The number of carboxylic acid groups (broad SMARTS) is 1. The van der Waals surface area contributed by atoms with Gasteiger partial charge in [0.05, 0.1) is 0 Å². The minimum Gasteiger partial charge on any atom is -0.481 e. The first-order chi connectivity index (χ1) is 2.77. The molecule has 0 amide bonds. The van der Waals surface area contributed by atoms with Crippen LogP contribution in [0.15, 0.2) is 0 Å². The Labute approximate surface area is 55.7 Å². The molecule has 1 N–H and O–H groups in total. The summed E-state index contributed by atoms with van der Waals surface area (Å²) in [6, 6.07) is 0. The molecule has 3 heteroatoms. The number of hydrogen-bond acceptors (Lipinski definition) is 1. The zero-order valence-corrected chi connectivity index (χ0v) is 7.44. The molecule has 0 rings (SSSR count). The van der Waals surface area contributed by atoms with Gasteiger partial charge in [-0.25, -0.2) is 0 Å². The van der Waals surface area contributed by atoms with E-state index in [9.17, 15) is 4.79 Å². The fourth-order valence-corrected chi connectivity index (χ4v) is 0.214. The van der Waals surface area contributed by atoms with E-state index >= 15 is 0 Å². The summed E-state index contributed by atoms with van der Waals surface area (Å²) < 4.78 is 0. The molecule has 38 valence electrons. The first-order valence-electron chi connectivity index (χ1n) is 1.99. The second-order valence-electron chi connectivity index (χ2n) is 1.14. The first kappa shape index (κ1) is 10.2. The fourth-order valence-electron chi connectivity index (χ4n) is 0.214. The summed E-state index contributed by atoms with van der Waals surface area (Å²) in [6.07, 6.45) is 1.02. The minimum atomic E-state index is -0.711. The average molecular weight is 153 g/mol. The van der Waals surface area contributed by atoms with E-state index in [1.807, 2.05) is 6.92 Å². The zero-order valence-electron chi connectivity index (χ0n) is 4.48. The summed E-state index contributed by atoms with van der Waals surface area (Å²) >= 11 is 0. The molecule has 0 aliphatic heterocycles. The van der Waals surface area contributed by atoms with E-state index in [4.69, 9.17) is 5.11 Å². The predicted molar refractivity (Wildman–Crippen MR) is 22.5 cm³/mol. The van der Waals surface area contributed by atoms with Crippen molar-refractivity contribution in [1.29, 1.82) is 0 Å². The van der Waals surface area contributed by atoms with Gasteiger partial charge in [0, 0.05) is 25.9 Å². The molecule has 0 fully saturated rings. The van der Waals surface area contributed by atoms with Gasteiger partial charge in [0.2, 0.25) is 0 Å². The van der Waals surface area contributed by atoms with Crippen molar-refractivity contribution in [3.05, 3.63) is 0 Å². The summed E-state index contributed by atoms with van der Waals surface area (Å²) in [5.74, 6) is -0.711. The van der Waals surface area contributed by atoms with Crippen LogP contribution in [0, 0.1) is 0 Å². The van der Waals surface area contributed by atoms with Crippen LogP contribution in [-0.4, -0.2) is 11.1 Å². The van der Waals surface area contributed by atoms with Crippen LogP contribution in [0.5, 0.6) is 0 Å². The van der Waals surface area contributed by atoms with Crippen molar-refractivity contribution in [1.82, 2.24) is 0 Å². The van der Waals surface area contributed by atoms with Crippen molar-refractivity contribution in [2.45, 2.75) is 19.8 Å². The van der Waals surface area contributed by atoms with Gasteiger partial charge in [-0.05, 0) is 6.42 Å². The standard InChI is InChI=1S/C4H8O2.Zn/c1-2-3-4(5)6;/h2-3H2,1H3,(H,5,6);. The van der Waals surface area contributed by atoms with E-state index in [0.29, 0.717) is 6.42 Å². The van der Waals surface area contributed by atoms with Crippen LogP contribution in [0.3, 0.4) is 0 Å². The number of carboxylic acids is 1. The third-order valence-electron chi connectivity index (χ3n) is 0.464. The zero-order chi connectivity index (χ0) is 4.99. The van der Waals surface area contributed by atoms with E-state index in [-0.39, 0.29) is 19.5 Å².